The lowest BCUT2D eigenvalue weighted by atomic mass is 10.2. The number of aromatic nitrogens is 1. The van der Waals surface area contributed by atoms with Crippen LogP contribution in [-0.2, 0) is 0 Å². The van der Waals surface area contributed by atoms with Crippen LogP contribution in [0.5, 0.6) is 0 Å². The van der Waals surface area contributed by atoms with Crippen molar-refractivity contribution in [1.29, 1.82) is 0 Å². The van der Waals surface area contributed by atoms with Gasteiger partial charge in [-0.3, -0.25) is 0 Å². The van der Waals surface area contributed by atoms with Crippen LogP contribution in [0.3, 0.4) is 0 Å². The molecule has 1 aromatic carbocycles. The van der Waals surface area contributed by atoms with Crippen molar-refractivity contribution in [3.05, 3.63) is 36.0 Å². The van der Waals surface area contributed by atoms with Crippen molar-refractivity contribution in [3.8, 4) is 0 Å². The number of aryl methyl sites for hydroxylation is 1. The van der Waals surface area contributed by atoms with Crippen LogP contribution in [-0.4, -0.2) is 4.79 Å². The minimum absolute atomic E-state index is 0.644. The Morgan fingerprint density at radius 1 is 1.27 bits per heavy atom. The summed E-state index contributed by atoms with van der Waals surface area (Å²) in [4.78, 5) is 0.704. The first-order valence-corrected chi connectivity index (χ1v) is 3.52. The van der Waals surface area contributed by atoms with E-state index in [0.717, 1.165) is 5.39 Å². The van der Waals surface area contributed by atoms with E-state index in [1.807, 2.05) is 24.3 Å². The lowest BCUT2D eigenvalue weighted by molar-refractivity contribution is 0.378. The summed E-state index contributed by atoms with van der Waals surface area (Å²) in [7, 11) is 0. The molecule has 0 bridgehead atoms. The SMILES string of the molecule is Cc1cc2ccccc2n1F. The van der Waals surface area contributed by atoms with E-state index in [0.29, 0.717) is 16.0 Å². The number of hydrogen-bond donors (Lipinski definition) is 0. The molecule has 0 aliphatic heterocycles. The summed E-state index contributed by atoms with van der Waals surface area (Å²) in [5, 5.41) is 0.951. The zero-order chi connectivity index (χ0) is 7.84. The summed E-state index contributed by atoms with van der Waals surface area (Å²) in [5.74, 6) is 0. The summed E-state index contributed by atoms with van der Waals surface area (Å²) in [5.41, 5.74) is 1.29. The van der Waals surface area contributed by atoms with Crippen LogP contribution < -0.4 is 0 Å². The molecular formula is C9H8FN. The number of rotatable bonds is 0. The Morgan fingerprint density at radius 3 is 2.73 bits per heavy atom. The maximum absolute atomic E-state index is 13.1. The zero-order valence-corrected chi connectivity index (χ0v) is 6.21. The summed E-state index contributed by atoms with van der Waals surface area (Å²) in [6.07, 6.45) is 0. The summed E-state index contributed by atoms with van der Waals surface area (Å²) >= 11 is 0. The van der Waals surface area contributed by atoms with Crippen molar-refractivity contribution < 1.29 is 4.48 Å². The van der Waals surface area contributed by atoms with Crippen molar-refractivity contribution >= 4 is 10.9 Å². The fourth-order valence-electron chi connectivity index (χ4n) is 1.26. The van der Waals surface area contributed by atoms with E-state index in [2.05, 4.69) is 0 Å². The van der Waals surface area contributed by atoms with Gasteiger partial charge in [-0.05, 0) is 19.1 Å². The van der Waals surface area contributed by atoms with Crippen molar-refractivity contribution in [3.63, 3.8) is 0 Å². The van der Waals surface area contributed by atoms with Gasteiger partial charge in [0.05, 0.1) is 5.52 Å². The van der Waals surface area contributed by atoms with Gasteiger partial charge in [-0.25, -0.2) is 0 Å². The van der Waals surface area contributed by atoms with Crippen LogP contribution >= 0.6 is 0 Å². The van der Waals surface area contributed by atoms with E-state index >= 15 is 0 Å². The second kappa shape index (κ2) is 2.09. The smallest absolute Gasteiger partial charge is 0.0815 e. The maximum atomic E-state index is 13.1. The lowest BCUT2D eigenvalue weighted by Gasteiger charge is -1.90. The molecular weight excluding hydrogens is 141 g/mol. The molecule has 56 valence electrons. The third-order valence-corrected chi connectivity index (χ3v) is 1.82. The Labute approximate surface area is 64.0 Å². The maximum Gasteiger partial charge on any atom is 0.0815 e. The third kappa shape index (κ3) is 0.827. The molecule has 11 heavy (non-hydrogen) atoms. The predicted molar refractivity (Wildman–Crippen MR) is 43.2 cm³/mol. The highest BCUT2D eigenvalue weighted by molar-refractivity contribution is 5.80. The van der Waals surface area contributed by atoms with Crippen molar-refractivity contribution in [1.82, 2.24) is 4.79 Å². The molecule has 0 atom stereocenters. The highest BCUT2D eigenvalue weighted by atomic mass is 19.2. The molecule has 0 radical (unpaired) electrons. The van der Waals surface area contributed by atoms with Crippen LogP contribution in [0.4, 0.5) is 4.48 Å². The van der Waals surface area contributed by atoms with Gasteiger partial charge in [0.25, 0.3) is 0 Å². The molecule has 0 fully saturated rings. The van der Waals surface area contributed by atoms with Gasteiger partial charge in [0.2, 0.25) is 0 Å². The number of benzene rings is 1. The summed E-state index contributed by atoms with van der Waals surface area (Å²) in [6, 6.07) is 9.23. The topological polar surface area (TPSA) is 4.93 Å². The van der Waals surface area contributed by atoms with Crippen molar-refractivity contribution in [2.24, 2.45) is 0 Å². The monoisotopic (exact) mass is 149 g/mol. The zero-order valence-electron chi connectivity index (χ0n) is 6.21. The molecule has 0 spiro atoms. The molecule has 1 aromatic heterocycles. The molecule has 1 nitrogen and oxygen atoms in total. The highest BCUT2D eigenvalue weighted by Crippen LogP contribution is 2.18. The number of halogens is 1. The molecule has 0 amide bonds. The molecule has 2 heteroatoms. The Morgan fingerprint density at radius 2 is 2.00 bits per heavy atom. The molecule has 2 rings (SSSR count). The van der Waals surface area contributed by atoms with Gasteiger partial charge in [-0.2, -0.15) is 4.79 Å². The van der Waals surface area contributed by atoms with Gasteiger partial charge >= 0.3 is 0 Å². The highest BCUT2D eigenvalue weighted by Gasteiger charge is 2.01. The van der Waals surface area contributed by atoms with Crippen LogP contribution in [0.2, 0.25) is 0 Å². The second-order valence-corrected chi connectivity index (χ2v) is 2.63. The molecule has 0 N–H and O–H groups in total. The van der Waals surface area contributed by atoms with Gasteiger partial charge in [-0.15, -0.1) is 0 Å². The van der Waals surface area contributed by atoms with Gasteiger partial charge in [-0.1, -0.05) is 22.7 Å². The molecule has 2 aromatic rings. The van der Waals surface area contributed by atoms with E-state index < -0.39 is 0 Å². The first-order chi connectivity index (χ1) is 5.29. The summed E-state index contributed by atoms with van der Waals surface area (Å²) in [6.45, 7) is 1.75. The van der Waals surface area contributed by atoms with Crippen LogP contribution in [0, 0.1) is 6.92 Å². The third-order valence-electron chi connectivity index (χ3n) is 1.82. The number of para-hydroxylation sites is 1. The Kier molecular flexibility index (Phi) is 1.22. The van der Waals surface area contributed by atoms with E-state index in [1.165, 1.54) is 0 Å². The van der Waals surface area contributed by atoms with E-state index in [1.54, 1.807) is 13.0 Å². The number of hydrogen-bond acceptors (Lipinski definition) is 0. The van der Waals surface area contributed by atoms with Crippen LogP contribution in [0.15, 0.2) is 30.3 Å². The lowest BCUT2D eigenvalue weighted by Crippen LogP contribution is -1.81. The molecule has 0 unspecified atom stereocenters. The Balaban J connectivity index is 2.92. The Hall–Kier alpha value is -1.31. The minimum atomic E-state index is 0.644. The molecule has 1 heterocycles. The summed E-state index contributed by atoms with van der Waals surface area (Å²) < 4.78 is 13.1. The predicted octanol–water partition coefficient (Wildman–Crippen LogP) is 2.68. The molecule has 0 saturated heterocycles. The van der Waals surface area contributed by atoms with Crippen LogP contribution in [0.1, 0.15) is 5.69 Å². The van der Waals surface area contributed by atoms with Crippen molar-refractivity contribution in [2.75, 3.05) is 0 Å². The van der Waals surface area contributed by atoms with E-state index in [9.17, 15) is 4.48 Å². The molecule has 0 saturated carbocycles. The quantitative estimate of drug-likeness (QED) is 0.542. The number of fused-ring (bicyclic) bond motifs is 1. The first kappa shape index (κ1) is 6.40. The molecule has 0 aliphatic rings. The number of nitrogens with zero attached hydrogens (tertiary/aromatic N) is 1. The average Bonchev–Trinajstić information content (AvgIpc) is 2.30. The largest absolute Gasteiger partial charge is 0.184 e. The second-order valence-electron chi connectivity index (χ2n) is 2.63. The minimum Gasteiger partial charge on any atom is -0.184 e. The van der Waals surface area contributed by atoms with E-state index in [4.69, 9.17) is 0 Å². The molecule has 0 aliphatic carbocycles. The average molecular weight is 149 g/mol. The van der Waals surface area contributed by atoms with Crippen LogP contribution in [0.25, 0.3) is 10.9 Å². The standard InChI is InChI=1S/C9H8FN/c1-7-6-8-4-2-3-5-9(8)11(7)10/h2-6H,1H3. The normalized spacial score (nSPS) is 10.7. The van der Waals surface area contributed by atoms with Crippen molar-refractivity contribution in [2.45, 2.75) is 6.92 Å². The van der Waals surface area contributed by atoms with Gasteiger partial charge in [0.15, 0.2) is 0 Å². The van der Waals surface area contributed by atoms with Gasteiger partial charge in [0, 0.05) is 11.1 Å². The van der Waals surface area contributed by atoms with Gasteiger partial charge in [0.1, 0.15) is 0 Å². The Bertz CT molecular complexity index is 389. The fourth-order valence-corrected chi connectivity index (χ4v) is 1.26. The van der Waals surface area contributed by atoms with E-state index in [-0.39, 0.29) is 0 Å². The first-order valence-electron chi connectivity index (χ1n) is 3.52. The van der Waals surface area contributed by atoms with Gasteiger partial charge < -0.3 is 0 Å². The fraction of sp³-hybridized carbons (Fsp3) is 0.111.